The Bertz CT molecular complexity index is 269. The van der Waals surface area contributed by atoms with Gasteiger partial charge >= 0.3 is 0 Å². The second-order valence-electron chi connectivity index (χ2n) is 3.70. The Morgan fingerprint density at radius 3 is 2.46 bits per heavy atom. The molecule has 0 N–H and O–H groups in total. The van der Waals surface area contributed by atoms with E-state index in [1.54, 1.807) is 0 Å². The summed E-state index contributed by atoms with van der Waals surface area (Å²) >= 11 is 2.84. The first-order valence-electron chi connectivity index (χ1n) is 4.62. The first kappa shape index (κ1) is 10.6. The molecule has 0 aliphatic heterocycles. The molecule has 0 amide bonds. The van der Waals surface area contributed by atoms with Crippen molar-refractivity contribution in [3.8, 4) is 0 Å². The van der Waals surface area contributed by atoms with Crippen molar-refractivity contribution >= 4 is 22.0 Å². The fraction of sp³-hybridized carbons (Fsp3) is 0.455. The van der Waals surface area contributed by atoms with Gasteiger partial charge in [0.25, 0.3) is 0 Å². The number of para-hydroxylation sites is 1. The van der Waals surface area contributed by atoms with Crippen LogP contribution in [0.5, 0.6) is 0 Å². The van der Waals surface area contributed by atoms with Crippen LogP contribution >= 0.6 is 0 Å². The van der Waals surface area contributed by atoms with Crippen molar-refractivity contribution in [2.75, 3.05) is 19.0 Å². The van der Waals surface area contributed by atoms with E-state index in [-0.39, 0.29) is 0 Å². The van der Waals surface area contributed by atoms with Crippen molar-refractivity contribution in [2.24, 2.45) is 0 Å². The molecule has 0 fully saturated rings. The summed E-state index contributed by atoms with van der Waals surface area (Å²) in [7, 11) is 4.18. The maximum absolute atomic E-state index is 2.84. The number of hydrogen-bond donors (Lipinski definition) is 0. The Morgan fingerprint density at radius 1 is 1.31 bits per heavy atom. The minimum atomic E-state index is 0.640. The molecule has 13 heavy (non-hydrogen) atoms. The van der Waals surface area contributed by atoms with E-state index in [4.69, 9.17) is 0 Å². The van der Waals surface area contributed by atoms with Gasteiger partial charge in [0.2, 0.25) is 0 Å². The first-order chi connectivity index (χ1) is 6.11. The third kappa shape index (κ3) is 3.06. The largest absolute Gasteiger partial charge is 0.377 e. The number of benzene rings is 1. The van der Waals surface area contributed by atoms with Crippen LogP contribution in [0.1, 0.15) is 12.5 Å². The van der Waals surface area contributed by atoms with E-state index in [2.05, 4.69) is 66.5 Å². The summed E-state index contributed by atoms with van der Waals surface area (Å²) in [5, 5.41) is 0. The molecule has 1 aromatic rings. The molecule has 0 saturated carbocycles. The molecule has 68 valence electrons. The van der Waals surface area contributed by atoms with E-state index in [1.807, 2.05) is 0 Å². The fourth-order valence-electron chi connectivity index (χ4n) is 1.47. The molecule has 1 aromatic carbocycles. The summed E-state index contributed by atoms with van der Waals surface area (Å²) in [6.07, 6.45) is 1.12. The second-order valence-corrected chi connectivity index (χ2v) is 4.84. The predicted molar refractivity (Wildman–Crippen MR) is 59.7 cm³/mol. The lowest BCUT2D eigenvalue weighted by molar-refractivity contribution is 0.907. The second kappa shape index (κ2) is 4.70. The molecule has 2 radical (unpaired) electrons. The van der Waals surface area contributed by atoms with Gasteiger partial charge in [0.15, 0.2) is 0 Å². The highest BCUT2D eigenvalue weighted by molar-refractivity contribution is 6.11. The van der Waals surface area contributed by atoms with Gasteiger partial charge in [-0.15, -0.1) is 4.78 Å². The molecular formula is C11H16AlN. The number of nitrogens with zero attached hydrogens (tertiary/aromatic N) is 1. The molecule has 0 aliphatic carbocycles. The smallest absolute Gasteiger partial charge is 0.123 e. The molecule has 0 heterocycles. The van der Waals surface area contributed by atoms with E-state index < -0.39 is 0 Å². The first-order valence-corrected chi connectivity index (χ1v) is 5.28. The molecule has 1 atom stereocenters. The van der Waals surface area contributed by atoms with E-state index >= 15 is 0 Å². The maximum atomic E-state index is 2.84. The van der Waals surface area contributed by atoms with Gasteiger partial charge in [0.1, 0.15) is 16.3 Å². The molecule has 0 bridgehead atoms. The van der Waals surface area contributed by atoms with Crippen LogP contribution in [0, 0.1) is 0 Å². The molecule has 0 aliphatic rings. The monoisotopic (exact) mass is 189 g/mol. The van der Waals surface area contributed by atoms with Crippen molar-refractivity contribution in [3.05, 3.63) is 29.8 Å². The quantitative estimate of drug-likeness (QED) is 0.659. The van der Waals surface area contributed by atoms with Crippen molar-refractivity contribution in [1.29, 1.82) is 0 Å². The number of hydrogen-bond acceptors (Lipinski definition) is 1. The predicted octanol–water partition coefficient (Wildman–Crippen LogP) is 2.27. The fourth-order valence-corrected chi connectivity index (χ4v) is 1.72. The van der Waals surface area contributed by atoms with Crippen molar-refractivity contribution in [3.63, 3.8) is 0 Å². The topological polar surface area (TPSA) is 3.24 Å². The zero-order valence-corrected chi connectivity index (χ0v) is 9.77. The van der Waals surface area contributed by atoms with Crippen LogP contribution in [0.3, 0.4) is 0 Å². The summed E-state index contributed by atoms with van der Waals surface area (Å²) in [6, 6.07) is 8.57. The van der Waals surface area contributed by atoms with Gasteiger partial charge in [0.05, 0.1) is 0 Å². The Labute approximate surface area is 89.2 Å². The highest BCUT2D eigenvalue weighted by Gasteiger charge is 2.04. The summed E-state index contributed by atoms with van der Waals surface area (Å²) in [5.41, 5.74) is 2.76. The summed E-state index contributed by atoms with van der Waals surface area (Å²) in [4.78, 5) is 2.17. The van der Waals surface area contributed by atoms with Crippen LogP contribution in [0.2, 0.25) is 4.78 Å². The van der Waals surface area contributed by atoms with Gasteiger partial charge in [-0.25, -0.2) is 0 Å². The minimum Gasteiger partial charge on any atom is -0.377 e. The van der Waals surface area contributed by atoms with E-state index in [9.17, 15) is 0 Å². The third-order valence-electron chi connectivity index (χ3n) is 2.02. The van der Waals surface area contributed by atoms with E-state index in [0.717, 1.165) is 6.42 Å². The van der Waals surface area contributed by atoms with E-state index in [0.29, 0.717) is 4.78 Å². The number of anilines is 1. The lowest BCUT2D eigenvalue weighted by Gasteiger charge is -2.18. The summed E-state index contributed by atoms with van der Waals surface area (Å²) in [5.74, 6) is 0. The molecule has 1 unspecified atom stereocenters. The molecule has 1 rings (SSSR count). The Kier molecular flexibility index (Phi) is 3.84. The van der Waals surface area contributed by atoms with Crippen molar-refractivity contribution < 1.29 is 0 Å². The van der Waals surface area contributed by atoms with Gasteiger partial charge in [-0.1, -0.05) is 25.1 Å². The Hall–Kier alpha value is -0.448. The average molecular weight is 189 g/mol. The van der Waals surface area contributed by atoms with Crippen LogP contribution in [0.4, 0.5) is 5.69 Å². The summed E-state index contributed by atoms with van der Waals surface area (Å²) < 4.78 is 0.640. The lowest BCUT2D eigenvalue weighted by Crippen LogP contribution is -2.11. The van der Waals surface area contributed by atoms with Crippen molar-refractivity contribution in [2.45, 2.75) is 18.1 Å². The van der Waals surface area contributed by atoms with Crippen LogP contribution in [0.25, 0.3) is 0 Å². The molecule has 2 heteroatoms. The van der Waals surface area contributed by atoms with E-state index in [1.165, 1.54) is 11.3 Å². The Morgan fingerprint density at radius 2 is 1.92 bits per heavy atom. The molecule has 0 aromatic heterocycles. The Balaban J connectivity index is 2.91. The average Bonchev–Trinajstić information content (AvgIpc) is 2.03. The molecule has 0 spiro atoms. The lowest BCUT2D eigenvalue weighted by atomic mass is 10.1. The normalized spacial score (nSPS) is 12.5. The van der Waals surface area contributed by atoms with Gasteiger partial charge in [-0.2, -0.15) is 0 Å². The standard InChI is InChI=1S/C11H16N.Al/c1-4-7-10-8-5-6-9-11(10)12(2)3;/h4-6,8-9H,7H2,1-3H3;. The summed E-state index contributed by atoms with van der Waals surface area (Å²) in [6.45, 7) is 2.22. The zero-order chi connectivity index (χ0) is 9.84. The van der Waals surface area contributed by atoms with Crippen LogP contribution in [-0.2, 0) is 6.42 Å². The number of rotatable bonds is 3. The van der Waals surface area contributed by atoms with Crippen LogP contribution in [0.15, 0.2) is 24.3 Å². The highest BCUT2D eigenvalue weighted by atomic mass is 27.0. The van der Waals surface area contributed by atoms with Crippen LogP contribution in [-0.4, -0.2) is 30.4 Å². The maximum Gasteiger partial charge on any atom is 0.123 e. The molecular weight excluding hydrogens is 173 g/mol. The highest BCUT2D eigenvalue weighted by Crippen LogP contribution is 2.21. The molecule has 0 saturated heterocycles. The zero-order valence-electron chi connectivity index (χ0n) is 8.62. The third-order valence-corrected chi connectivity index (χ3v) is 2.25. The van der Waals surface area contributed by atoms with Gasteiger partial charge in [0, 0.05) is 19.8 Å². The van der Waals surface area contributed by atoms with Gasteiger partial charge in [-0.3, -0.25) is 0 Å². The van der Waals surface area contributed by atoms with Crippen LogP contribution < -0.4 is 4.90 Å². The van der Waals surface area contributed by atoms with Gasteiger partial charge in [-0.05, 0) is 18.1 Å². The SMILES string of the molecule is C[CH]([Al])Cc1ccccc1N(C)C. The molecule has 1 nitrogen and oxygen atoms in total. The minimum absolute atomic E-state index is 0.640. The van der Waals surface area contributed by atoms with Crippen molar-refractivity contribution in [1.82, 2.24) is 0 Å². The van der Waals surface area contributed by atoms with Gasteiger partial charge < -0.3 is 4.90 Å².